The molecular weight excluding hydrogens is 258 g/mol. The molecule has 0 aliphatic carbocycles. The molecule has 0 unspecified atom stereocenters. The summed E-state index contributed by atoms with van der Waals surface area (Å²) in [7, 11) is 3.62. The second-order valence-electron chi connectivity index (χ2n) is 4.15. The Bertz CT molecular complexity index is 589. The highest BCUT2D eigenvalue weighted by Gasteiger charge is 2.11. The van der Waals surface area contributed by atoms with Crippen molar-refractivity contribution in [1.29, 1.82) is 0 Å². The van der Waals surface area contributed by atoms with Gasteiger partial charge in [0.15, 0.2) is 11.5 Å². The van der Waals surface area contributed by atoms with Crippen LogP contribution in [-0.2, 0) is 0 Å². The molecule has 0 fully saturated rings. The molecule has 0 bridgehead atoms. The molecule has 1 aromatic carbocycles. The van der Waals surface area contributed by atoms with Gasteiger partial charge in [-0.15, -0.1) is 0 Å². The molecule has 0 radical (unpaired) electrons. The predicted octanol–water partition coefficient (Wildman–Crippen LogP) is 1.71. The Kier molecular flexibility index (Phi) is 4.19. The van der Waals surface area contributed by atoms with Crippen LogP contribution in [0, 0.1) is 0 Å². The standard InChI is InChI=1S/C13H17N5O2/c1-4-19-9-7-5-6-8-10(9)20-13-16-11(14)15-12(17-13)18(2)3/h5-8H,4H2,1-3H3,(H2,14,15,16,17). The van der Waals surface area contributed by atoms with Gasteiger partial charge in [-0.2, -0.15) is 15.0 Å². The number of nitrogen functional groups attached to an aromatic ring is 1. The summed E-state index contributed by atoms with van der Waals surface area (Å²) in [6.45, 7) is 2.45. The number of hydrogen-bond donors (Lipinski definition) is 1. The molecule has 20 heavy (non-hydrogen) atoms. The van der Waals surface area contributed by atoms with E-state index >= 15 is 0 Å². The summed E-state index contributed by atoms with van der Waals surface area (Å²) in [6, 6.07) is 7.43. The van der Waals surface area contributed by atoms with Gasteiger partial charge in [0.2, 0.25) is 11.9 Å². The minimum atomic E-state index is 0.104. The number of rotatable bonds is 5. The van der Waals surface area contributed by atoms with E-state index in [1.807, 2.05) is 39.2 Å². The lowest BCUT2D eigenvalue weighted by Gasteiger charge is -2.13. The van der Waals surface area contributed by atoms with Gasteiger partial charge in [0.1, 0.15) is 0 Å². The minimum absolute atomic E-state index is 0.104. The van der Waals surface area contributed by atoms with Crippen LogP contribution in [-0.4, -0.2) is 35.7 Å². The van der Waals surface area contributed by atoms with E-state index in [0.29, 0.717) is 24.1 Å². The fourth-order valence-corrected chi connectivity index (χ4v) is 1.51. The topological polar surface area (TPSA) is 86.4 Å². The summed E-state index contributed by atoms with van der Waals surface area (Å²) in [5, 5.41) is 0. The highest BCUT2D eigenvalue weighted by molar-refractivity contribution is 5.42. The Labute approximate surface area is 117 Å². The number of ether oxygens (including phenoxy) is 2. The average molecular weight is 275 g/mol. The number of anilines is 2. The Morgan fingerprint density at radius 1 is 1.10 bits per heavy atom. The monoisotopic (exact) mass is 275 g/mol. The Balaban J connectivity index is 2.30. The van der Waals surface area contributed by atoms with Crippen LogP contribution in [0.5, 0.6) is 17.5 Å². The molecule has 2 N–H and O–H groups in total. The van der Waals surface area contributed by atoms with E-state index < -0.39 is 0 Å². The Morgan fingerprint density at radius 3 is 2.45 bits per heavy atom. The number of hydrogen-bond acceptors (Lipinski definition) is 7. The first-order valence-electron chi connectivity index (χ1n) is 6.18. The summed E-state index contributed by atoms with van der Waals surface area (Å²) in [5.41, 5.74) is 5.65. The molecule has 0 saturated heterocycles. The smallest absolute Gasteiger partial charge is 0.328 e. The van der Waals surface area contributed by atoms with Gasteiger partial charge < -0.3 is 20.1 Å². The number of nitrogens with zero attached hydrogens (tertiary/aromatic N) is 4. The Hall–Kier alpha value is -2.57. The van der Waals surface area contributed by atoms with E-state index in [4.69, 9.17) is 15.2 Å². The molecule has 7 heteroatoms. The molecule has 106 valence electrons. The van der Waals surface area contributed by atoms with Crippen LogP contribution in [0.15, 0.2) is 24.3 Å². The van der Waals surface area contributed by atoms with Crippen LogP contribution in [0.3, 0.4) is 0 Å². The summed E-state index contributed by atoms with van der Waals surface area (Å²) in [4.78, 5) is 13.9. The van der Waals surface area contributed by atoms with Crippen LogP contribution in [0.2, 0.25) is 0 Å². The van der Waals surface area contributed by atoms with Crippen LogP contribution >= 0.6 is 0 Å². The quantitative estimate of drug-likeness (QED) is 0.888. The van der Waals surface area contributed by atoms with E-state index in [0.717, 1.165) is 0 Å². The summed E-state index contributed by atoms with van der Waals surface area (Å²) in [6.07, 6.45) is 0. The molecule has 2 aromatic rings. The summed E-state index contributed by atoms with van der Waals surface area (Å²) in [5.74, 6) is 1.69. The molecule has 7 nitrogen and oxygen atoms in total. The molecule has 0 atom stereocenters. The zero-order chi connectivity index (χ0) is 14.5. The van der Waals surface area contributed by atoms with Crippen molar-refractivity contribution in [3.8, 4) is 17.5 Å². The molecule has 1 aromatic heterocycles. The van der Waals surface area contributed by atoms with Crippen LogP contribution in [0.1, 0.15) is 6.92 Å². The van der Waals surface area contributed by atoms with E-state index in [9.17, 15) is 0 Å². The van der Waals surface area contributed by atoms with Gasteiger partial charge in [-0.3, -0.25) is 0 Å². The van der Waals surface area contributed by atoms with Crippen LogP contribution in [0.25, 0.3) is 0 Å². The fourth-order valence-electron chi connectivity index (χ4n) is 1.51. The van der Waals surface area contributed by atoms with E-state index in [-0.39, 0.29) is 12.0 Å². The van der Waals surface area contributed by atoms with Crippen molar-refractivity contribution in [2.75, 3.05) is 31.3 Å². The zero-order valence-electron chi connectivity index (χ0n) is 11.7. The maximum Gasteiger partial charge on any atom is 0.328 e. The highest BCUT2D eigenvalue weighted by atomic mass is 16.5. The van der Waals surface area contributed by atoms with Crippen molar-refractivity contribution in [1.82, 2.24) is 15.0 Å². The van der Waals surface area contributed by atoms with Crippen molar-refractivity contribution >= 4 is 11.9 Å². The van der Waals surface area contributed by atoms with Crippen molar-refractivity contribution in [2.24, 2.45) is 0 Å². The second-order valence-corrected chi connectivity index (χ2v) is 4.15. The van der Waals surface area contributed by atoms with Crippen molar-refractivity contribution in [3.63, 3.8) is 0 Å². The van der Waals surface area contributed by atoms with Crippen molar-refractivity contribution < 1.29 is 9.47 Å². The van der Waals surface area contributed by atoms with Crippen LogP contribution < -0.4 is 20.1 Å². The fraction of sp³-hybridized carbons (Fsp3) is 0.308. The second kappa shape index (κ2) is 6.05. The molecule has 0 spiro atoms. The molecule has 0 amide bonds. The van der Waals surface area contributed by atoms with Gasteiger partial charge in [0.05, 0.1) is 6.61 Å². The van der Waals surface area contributed by atoms with Gasteiger partial charge in [-0.1, -0.05) is 12.1 Å². The van der Waals surface area contributed by atoms with Crippen molar-refractivity contribution in [3.05, 3.63) is 24.3 Å². The molecule has 2 rings (SSSR count). The van der Waals surface area contributed by atoms with E-state index in [2.05, 4.69) is 15.0 Å². The lowest BCUT2D eigenvalue weighted by molar-refractivity contribution is 0.317. The zero-order valence-corrected chi connectivity index (χ0v) is 11.7. The maximum absolute atomic E-state index is 5.65. The van der Waals surface area contributed by atoms with Crippen LogP contribution in [0.4, 0.5) is 11.9 Å². The number of benzene rings is 1. The number of para-hydroxylation sites is 2. The lowest BCUT2D eigenvalue weighted by atomic mass is 10.3. The Morgan fingerprint density at radius 2 is 1.80 bits per heavy atom. The largest absolute Gasteiger partial charge is 0.490 e. The summed E-state index contributed by atoms with van der Waals surface area (Å²) >= 11 is 0. The molecular formula is C13H17N5O2. The first kappa shape index (κ1) is 13.9. The molecule has 1 heterocycles. The van der Waals surface area contributed by atoms with Gasteiger partial charge in [0, 0.05) is 14.1 Å². The lowest BCUT2D eigenvalue weighted by Crippen LogP contribution is -2.15. The molecule has 0 aliphatic heterocycles. The third-order valence-corrected chi connectivity index (χ3v) is 2.37. The number of aromatic nitrogens is 3. The van der Waals surface area contributed by atoms with Gasteiger partial charge in [0.25, 0.3) is 0 Å². The van der Waals surface area contributed by atoms with Gasteiger partial charge in [-0.25, -0.2) is 0 Å². The van der Waals surface area contributed by atoms with Gasteiger partial charge in [-0.05, 0) is 19.1 Å². The minimum Gasteiger partial charge on any atom is -0.490 e. The number of nitrogens with two attached hydrogens (primary N) is 1. The van der Waals surface area contributed by atoms with Gasteiger partial charge >= 0.3 is 6.01 Å². The molecule has 0 saturated carbocycles. The predicted molar refractivity (Wildman–Crippen MR) is 76.3 cm³/mol. The van der Waals surface area contributed by atoms with E-state index in [1.165, 1.54) is 0 Å². The maximum atomic E-state index is 5.65. The average Bonchev–Trinajstić information content (AvgIpc) is 2.40. The third kappa shape index (κ3) is 3.25. The normalized spacial score (nSPS) is 10.2. The first-order valence-corrected chi connectivity index (χ1v) is 6.18. The van der Waals surface area contributed by atoms with Crippen molar-refractivity contribution in [2.45, 2.75) is 6.92 Å². The SMILES string of the molecule is CCOc1ccccc1Oc1nc(N)nc(N(C)C)n1. The highest BCUT2D eigenvalue weighted by Crippen LogP contribution is 2.30. The third-order valence-electron chi connectivity index (χ3n) is 2.37. The van der Waals surface area contributed by atoms with E-state index in [1.54, 1.807) is 11.0 Å². The first-order chi connectivity index (χ1) is 9.60. The summed E-state index contributed by atoms with van der Waals surface area (Å²) < 4.78 is 11.1. The molecule has 0 aliphatic rings.